The molecule has 0 aromatic heterocycles. The van der Waals surface area contributed by atoms with Gasteiger partial charge in [-0.05, 0) is 69.9 Å². The molecule has 3 aliphatic carbocycles. The molecule has 192 valence electrons. The summed E-state index contributed by atoms with van der Waals surface area (Å²) in [5.41, 5.74) is 7.96. The lowest BCUT2D eigenvalue weighted by Gasteiger charge is -2.66. The molecular weight excluding hydrogens is 567 g/mol. The lowest BCUT2D eigenvalue weighted by molar-refractivity contribution is -0.265. The van der Waals surface area contributed by atoms with Crippen molar-refractivity contribution in [2.75, 3.05) is 0 Å². The van der Waals surface area contributed by atoms with Gasteiger partial charge in [0.05, 0.1) is 21.2 Å². The van der Waals surface area contributed by atoms with Crippen LogP contribution in [0.2, 0.25) is 0 Å². The molecule has 3 aliphatic rings. The van der Waals surface area contributed by atoms with Gasteiger partial charge in [-0.1, -0.05) is 27.7 Å². The maximum absolute atomic E-state index is 13.9. The predicted molar refractivity (Wildman–Crippen MR) is 134 cm³/mol. The number of phenols is 1. The topological polar surface area (TPSA) is 184 Å². The Balaban J connectivity index is 1.99. The molecule has 0 bridgehead atoms. The van der Waals surface area contributed by atoms with Crippen molar-refractivity contribution in [3.05, 3.63) is 26.3 Å². The highest BCUT2D eigenvalue weighted by Crippen LogP contribution is 2.65. The van der Waals surface area contributed by atoms with Crippen LogP contribution in [-0.4, -0.2) is 55.7 Å². The Bertz CT molecular complexity index is 1140. The average molecular weight is 600 g/mol. The summed E-state index contributed by atoms with van der Waals surface area (Å²) in [6.45, 7) is 7.21. The van der Waals surface area contributed by atoms with E-state index < -0.39 is 63.9 Å². The molecule has 2 fully saturated rings. The van der Waals surface area contributed by atoms with Crippen molar-refractivity contribution >= 4 is 40.1 Å². The van der Waals surface area contributed by atoms with E-state index in [9.17, 15) is 34.8 Å². The zero-order valence-electron chi connectivity index (χ0n) is 20.2. The second-order valence-corrected chi connectivity index (χ2v) is 12.6. The van der Waals surface area contributed by atoms with E-state index in [1.807, 2.05) is 43.4 Å². The Morgan fingerprint density at radius 2 is 1.86 bits per heavy atom. The van der Waals surface area contributed by atoms with E-state index in [-0.39, 0.29) is 36.6 Å². The van der Waals surface area contributed by atoms with E-state index in [4.69, 9.17) is 11.5 Å². The standard InChI is InChI=1S/C25H33IN2O7/c1-9(2)15-19(31)14(22(28)34)20(32)25(35)21(33)16-18(30)13-11(6-23(16,3)8-24(15,25)4)10(7-27)5-12(26)17(13)29/h5,9,14-16,19,21,29,31,33,35H,6-8,27H2,1-4H3,(H2,28,34)/t14-,15+,16-,19?,21?,23-,24-,25+/m1/s1. The summed E-state index contributed by atoms with van der Waals surface area (Å²) < 4.78 is 0.429. The Hall–Kier alpha value is -1.60. The summed E-state index contributed by atoms with van der Waals surface area (Å²) in [5.74, 6) is -6.99. The van der Waals surface area contributed by atoms with Gasteiger partial charge in [0.2, 0.25) is 5.91 Å². The number of halogens is 1. The molecule has 10 heteroatoms. The van der Waals surface area contributed by atoms with Crippen LogP contribution < -0.4 is 11.5 Å². The van der Waals surface area contributed by atoms with Gasteiger partial charge in [0.15, 0.2) is 17.2 Å². The maximum Gasteiger partial charge on any atom is 0.230 e. The Morgan fingerprint density at radius 1 is 1.26 bits per heavy atom. The number of fused-ring (bicyclic) bond motifs is 3. The number of aliphatic hydroxyl groups excluding tert-OH is 2. The number of carbonyl (C=O) groups is 3. The van der Waals surface area contributed by atoms with Crippen LogP contribution in [-0.2, 0) is 22.6 Å². The van der Waals surface area contributed by atoms with E-state index in [2.05, 4.69) is 0 Å². The van der Waals surface area contributed by atoms with Gasteiger partial charge in [-0.15, -0.1) is 0 Å². The average Bonchev–Trinajstić information content (AvgIpc) is 2.72. The van der Waals surface area contributed by atoms with Gasteiger partial charge in [0.25, 0.3) is 0 Å². The first-order chi connectivity index (χ1) is 16.1. The number of Topliss-reactive ketones (excluding diaryl/α,β-unsaturated/α-hetero) is 2. The van der Waals surface area contributed by atoms with Gasteiger partial charge in [-0.3, -0.25) is 14.4 Å². The fourth-order valence-corrected chi connectivity index (χ4v) is 8.46. The third-order valence-corrected chi connectivity index (χ3v) is 9.87. The number of carbonyl (C=O) groups excluding carboxylic acids is 3. The lowest BCUT2D eigenvalue weighted by atomic mass is 9.39. The number of aliphatic hydroxyl groups is 3. The number of rotatable bonds is 3. The zero-order chi connectivity index (χ0) is 26.4. The summed E-state index contributed by atoms with van der Waals surface area (Å²) >= 11 is 1.90. The van der Waals surface area contributed by atoms with Crippen LogP contribution in [0, 0.1) is 38.1 Å². The summed E-state index contributed by atoms with van der Waals surface area (Å²) in [6.07, 6.45) is -2.95. The van der Waals surface area contributed by atoms with Crippen LogP contribution in [0.3, 0.4) is 0 Å². The number of nitrogens with two attached hydrogens (primary N) is 2. The smallest absolute Gasteiger partial charge is 0.230 e. The fraction of sp³-hybridized carbons (Fsp3) is 0.640. The van der Waals surface area contributed by atoms with Crippen molar-refractivity contribution in [1.29, 1.82) is 0 Å². The number of hydrogen-bond donors (Lipinski definition) is 6. The van der Waals surface area contributed by atoms with Crippen molar-refractivity contribution in [1.82, 2.24) is 0 Å². The Morgan fingerprint density at radius 3 is 2.37 bits per heavy atom. The second kappa shape index (κ2) is 8.20. The van der Waals surface area contributed by atoms with Crippen LogP contribution >= 0.6 is 22.6 Å². The lowest BCUT2D eigenvalue weighted by Crippen LogP contribution is -2.79. The van der Waals surface area contributed by atoms with Gasteiger partial charge in [-0.25, -0.2) is 0 Å². The molecule has 1 aromatic rings. The second-order valence-electron chi connectivity index (χ2n) is 11.4. The monoisotopic (exact) mass is 600 g/mol. The molecule has 0 saturated heterocycles. The first kappa shape index (κ1) is 26.5. The molecule has 4 rings (SSSR count). The number of phenolic OH excluding ortho intramolecular Hbond substituents is 1. The van der Waals surface area contributed by atoms with Crippen LogP contribution in [0.1, 0.15) is 55.6 Å². The minimum atomic E-state index is -2.51. The molecule has 9 nitrogen and oxygen atoms in total. The number of amides is 1. The SMILES string of the molecule is CC(C)[C@H]1C(O)[C@@H](C(N)=O)C(=O)[C@]2(O)C(O)[C@H]3C(=O)c4c(O)c(I)cc(CN)c4C[C@]3(C)C[C@]12C. The van der Waals surface area contributed by atoms with Crippen LogP contribution in [0.15, 0.2) is 6.07 Å². The Kier molecular flexibility index (Phi) is 6.20. The molecule has 1 aromatic carbocycles. The van der Waals surface area contributed by atoms with Gasteiger partial charge in [0, 0.05) is 12.0 Å². The number of aromatic hydroxyl groups is 1. The summed E-state index contributed by atoms with van der Waals surface area (Å²) in [4.78, 5) is 39.8. The zero-order valence-corrected chi connectivity index (χ0v) is 22.4. The van der Waals surface area contributed by atoms with E-state index in [0.29, 0.717) is 14.7 Å². The van der Waals surface area contributed by atoms with Crippen molar-refractivity contribution in [2.45, 2.75) is 64.9 Å². The quantitative estimate of drug-likeness (QED) is 0.216. The van der Waals surface area contributed by atoms with Crippen molar-refractivity contribution in [3.63, 3.8) is 0 Å². The molecule has 0 radical (unpaired) electrons. The largest absolute Gasteiger partial charge is 0.506 e. The van der Waals surface area contributed by atoms with Crippen molar-refractivity contribution in [2.24, 2.45) is 46.0 Å². The number of benzene rings is 1. The molecule has 8 N–H and O–H groups in total. The minimum Gasteiger partial charge on any atom is -0.506 e. The van der Waals surface area contributed by atoms with E-state index >= 15 is 0 Å². The van der Waals surface area contributed by atoms with E-state index in [1.54, 1.807) is 13.0 Å². The molecule has 0 aliphatic heterocycles. The third kappa shape index (κ3) is 3.22. The fourth-order valence-electron chi connectivity index (χ4n) is 7.82. The molecule has 0 spiro atoms. The first-order valence-electron chi connectivity index (χ1n) is 11.8. The van der Waals surface area contributed by atoms with Crippen molar-refractivity contribution < 1.29 is 34.8 Å². The van der Waals surface area contributed by atoms with Crippen LogP contribution in [0.5, 0.6) is 5.75 Å². The third-order valence-electron chi connectivity index (χ3n) is 9.05. The summed E-state index contributed by atoms with van der Waals surface area (Å²) in [7, 11) is 0. The Labute approximate surface area is 217 Å². The molecular formula is C25H33IN2O7. The summed E-state index contributed by atoms with van der Waals surface area (Å²) in [6, 6.07) is 1.73. The van der Waals surface area contributed by atoms with E-state index in [0.717, 1.165) is 0 Å². The normalized spacial score (nSPS) is 40.8. The molecule has 8 atom stereocenters. The highest BCUT2D eigenvalue weighted by molar-refractivity contribution is 14.1. The van der Waals surface area contributed by atoms with Crippen LogP contribution in [0.4, 0.5) is 0 Å². The number of ketones is 2. The van der Waals surface area contributed by atoms with Crippen molar-refractivity contribution in [3.8, 4) is 5.75 Å². The maximum atomic E-state index is 13.9. The van der Waals surface area contributed by atoms with Gasteiger partial charge >= 0.3 is 0 Å². The molecule has 2 saturated carbocycles. The number of hydrogen-bond acceptors (Lipinski definition) is 8. The molecule has 35 heavy (non-hydrogen) atoms. The van der Waals surface area contributed by atoms with Crippen LogP contribution in [0.25, 0.3) is 0 Å². The highest BCUT2D eigenvalue weighted by atomic mass is 127. The first-order valence-corrected chi connectivity index (χ1v) is 12.9. The molecule has 0 heterocycles. The van der Waals surface area contributed by atoms with Gasteiger partial charge < -0.3 is 31.9 Å². The minimum absolute atomic E-state index is 0.0428. The summed E-state index contributed by atoms with van der Waals surface area (Å²) in [5, 5.41) is 45.7. The predicted octanol–water partition coefficient (Wildman–Crippen LogP) is 0.636. The highest BCUT2D eigenvalue weighted by Gasteiger charge is 2.75. The molecule has 2 unspecified atom stereocenters. The molecule has 1 amide bonds. The van der Waals surface area contributed by atoms with E-state index in [1.165, 1.54) is 0 Å². The van der Waals surface area contributed by atoms with Gasteiger partial charge in [-0.2, -0.15) is 0 Å². The number of primary amides is 1. The van der Waals surface area contributed by atoms with Gasteiger partial charge in [0.1, 0.15) is 17.8 Å².